The highest BCUT2D eigenvalue weighted by Crippen LogP contribution is 2.21. The molecule has 0 spiro atoms. The Morgan fingerprint density at radius 2 is 2.14 bits per heavy atom. The first-order valence-electron chi connectivity index (χ1n) is 7.56. The topological polar surface area (TPSA) is 81.1 Å². The van der Waals surface area contributed by atoms with E-state index in [0.29, 0.717) is 11.9 Å². The summed E-state index contributed by atoms with van der Waals surface area (Å²) in [6, 6.07) is 4.33. The minimum absolute atomic E-state index is 0.330. The summed E-state index contributed by atoms with van der Waals surface area (Å²) in [5.41, 5.74) is 6.79. The number of pyridine rings is 1. The van der Waals surface area contributed by atoms with Crippen molar-refractivity contribution in [1.82, 2.24) is 15.1 Å². The molecule has 0 atom stereocenters. The van der Waals surface area contributed by atoms with E-state index in [1.54, 1.807) is 6.20 Å². The van der Waals surface area contributed by atoms with Gasteiger partial charge in [0.15, 0.2) is 5.82 Å². The van der Waals surface area contributed by atoms with Gasteiger partial charge < -0.3 is 15.2 Å². The molecule has 0 aromatic carbocycles. The summed E-state index contributed by atoms with van der Waals surface area (Å²) in [5, 5.41) is 3.96. The maximum atomic E-state index is 5.93. The molecule has 2 aromatic heterocycles. The van der Waals surface area contributed by atoms with Gasteiger partial charge in [-0.15, -0.1) is 0 Å². The summed E-state index contributed by atoms with van der Waals surface area (Å²) in [6.07, 6.45) is 5.68. The van der Waals surface area contributed by atoms with E-state index < -0.39 is 0 Å². The third kappa shape index (κ3) is 3.21. The van der Waals surface area contributed by atoms with Crippen LogP contribution in [0.4, 0.5) is 5.82 Å². The molecular weight excluding hydrogens is 266 g/mol. The van der Waals surface area contributed by atoms with Crippen molar-refractivity contribution in [1.29, 1.82) is 0 Å². The number of piperidine rings is 1. The van der Waals surface area contributed by atoms with Crippen LogP contribution in [0, 0.1) is 0 Å². The van der Waals surface area contributed by atoms with Crippen LogP contribution < -0.4 is 10.6 Å². The van der Waals surface area contributed by atoms with E-state index in [4.69, 9.17) is 10.3 Å². The first kappa shape index (κ1) is 14.0. The van der Waals surface area contributed by atoms with Gasteiger partial charge in [-0.2, -0.15) is 4.98 Å². The number of aryl methyl sites for hydroxylation is 1. The summed E-state index contributed by atoms with van der Waals surface area (Å²) < 4.78 is 5.27. The number of aromatic nitrogens is 3. The van der Waals surface area contributed by atoms with Gasteiger partial charge in [-0.3, -0.25) is 0 Å². The number of anilines is 1. The van der Waals surface area contributed by atoms with Crippen molar-refractivity contribution in [2.45, 2.75) is 38.6 Å². The van der Waals surface area contributed by atoms with Crippen LogP contribution in [-0.2, 0) is 6.42 Å². The van der Waals surface area contributed by atoms with Crippen LogP contribution in [0.3, 0.4) is 0 Å². The van der Waals surface area contributed by atoms with Gasteiger partial charge in [-0.25, -0.2) is 4.98 Å². The quantitative estimate of drug-likeness (QED) is 0.926. The Morgan fingerprint density at radius 3 is 2.81 bits per heavy atom. The van der Waals surface area contributed by atoms with Crippen LogP contribution in [0.2, 0.25) is 0 Å². The van der Waals surface area contributed by atoms with E-state index >= 15 is 0 Å². The third-order valence-electron chi connectivity index (χ3n) is 3.80. The van der Waals surface area contributed by atoms with Crippen molar-refractivity contribution in [3.05, 3.63) is 24.2 Å². The Kier molecular flexibility index (Phi) is 4.15. The van der Waals surface area contributed by atoms with Crippen molar-refractivity contribution in [2.75, 3.05) is 18.0 Å². The zero-order valence-corrected chi connectivity index (χ0v) is 12.3. The van der Waals surface area contributed by atoms with Gasteiger partial charge in [0.25, 0.3) is 5.89 Å². The smallest absolute Gasteiger partial charge is 0.259 e. The van der Waals surface area contributed by atoms with Gasteiger partial charge in [-0.05, 0) is 31.4 Å². The average molecular weight is 287 g/mol. The molecule has 3 rings (SSSR count). The van der Waals surface area contributed by atoms with Gasteiger partial charge in [0.1, 0.15) is 5.82 Å². The summed E-state index contributed by atoms with van der Waals surface area (Å²) in [6.45, 7) is 4.03. The zero-order chi connectivity index (χ0) is 14.7. The fraction of sp³-hybridized carbons (Fsp3) is 0.533. The first-order valence-corrected chi connectivity index (χ1v) is 7.56. The predicted octanol–water partition coefficient (Wildman–Crippen LogP) is 2.01. The van der Waals surface area contributed by atoms with Crippen molar-refractivity contribution in [3.8, 4) is 11.5 Å². The lowest BCUT2D eigenvalue weighted by molar-refractivity contribution is 0.422. The van der Waals surface area contributed by atoms with Crippen molar-refractivity contribution in [3.63, 3.8) is 0 Å². The number of hydrogen-bond acceptors (Lipinski definition) is 6. The molecule has 2 aromatic rings. The number of nitrogens with two attached hydrogens (primary N) is 1. The van der Waals surface area contributed by atoms with Crippen molar-refractivity contribution in [2.24, 2.45) is 5.73 Å². The molecule has 1 saturated heterocycles. The second kappa shape index (κ2) is 6.22. The molecule has 0 bridgehead atoms. The van der Waals surface area contributed by atoms with Crippen LogP contribution in [0.15, 0.2) is 22.9 Å². The Morgan fingerprint density at radius 1 is 1.33 bits per heavy atom. The van der Waals surface area contributed by atoms with E-state index in [9.17, 15) is 0 Å². The molecule has 0 amide bonds. The first-order chi connectivity index (χ1) is 10.3. The maximum absolute atomic E-state index is 5.93. The number of nitrogens with zero attached hydrogens (tertiary/aromatic N) is 4. The Balaban J connectivity index is 1.71. The molecule has 21 heavy (non-hydrogen) atoms. The molecule has 0 radical (unpaired) electrons. The molecule has 0 aliphatic carbocycles. The fourth-order valence-corrected chi connectivity index (χ4v) is 2.52. The van der Waals surface area contributed by atoms with Crippen LogP contribution in [0.5, 0.6) is 0 Å². The van der Waals surface area contributed by atoms with Gasteiger partial charge in [0.2, 0.25) is 0 Å². The second-order valence-electron chi connectivity index (χ2n) is 5.50. The Hall–Kier alpha value is -1.95. The second-order valence-corrected chi connectivity index (χ2v) is 5.50. The molecule has 6 heteroatoms. The highest BCUT2D eigenvalue weighted by Gasteiger charge is 2.17. The zero-order valence-electron chi connectivity index (χ0n) is 12.3. The molecule has 1 fully saturated rings. The predicted molar refractivity (Wildman–Crippen MR) is 80.9 cm³/mol. The Labute approximate surface area is 124 Å². The van der Waals surface area contributed by atoms with Crippen molar-refractivity contribution >= 4 is 5.82 Å². The standard InChI is InChI=1S/C15H21N5O/c1-2-3-13-18-15(21-19-13)11-4-5-14(17-10-11)20-8-6-12(16)7-9-20/h4-5,10,12H,2-3,6-9,16H2,1H3. The molecule has 112 valence electrons. The molecule has 6 nitrogen and oxygen atoms in total. The SMILES string of the molecule is CCCc1noc(-c2ccc(N3CCC(N)CC3)nc2)n1. The van der Waals surface area contributed by atoms with Gasteiger partial charge >= 0.3 is 0 Å². The molecule has 2 N–H and O–H groups in total. The van der Waals surface area contributed by atoms with Gasteiger partial charge in [0, 0.05) is 31.7 Å². The maximum Gasteiger partial charge on any atom is 0.259 e. The lowest BCUT2D eigenvalue weighted by Gasteiger charge is -2.31. The number of rotatable bonds is 4. The van der Waals surface area contributed by atoms with Crippen LogP contribution >= 0.6 is 0 Å². The summed E-state index contributed by atoms with van der Waals surface area (Å²) in [7, 11) is 0. The largest absolute Gasteiger partial charge is 0.357 e. The summed E-state index contributed by atoms with van der Waals surface area (Å²) in [4.78, 5) is 11.2. The average Bonchev–Trinajstić information content (AvgIpc) is 2.97. The van der Waals surface area contributed by atoms with E-state index in [2.05, 4.69) is 26.9 Å². The normalized spacial score (nSPS) is 16.4. The highest BCUT2D eigenvalue weighted by molar-refractivity contribution is 5.54. The van der Waals surface area contributed by atoms with E-state index in [1.807, 2.05) is 12.1 Å². The fourth-order valence-electron chi connectivity index (χ4n) is 2.52. The molecule has 0 saturated carbocycles. The van der Waals surface area contributed by atoms with E-state index in [0.717, 1.165) is 56.0 Å². The third-order valence-corrected chi connectivity index (χ3v) is 3.80. The molecule has 0 unspecified atom stereocenters. The monoisotopic (exact) mass is 287 g/mol. The van der Waals surface area contributed by atoms with Gasteiger partial charge in [0.05, 0.1) is 5.56 Å². The molecule has 1 aliphatic heterocycles. The highest BCUT2D eigenvalue weighted by atomic mass is 16.5. The van der Waals surface area contributed by atoms with Crippen molar-refractivity contribution < 1.29 is 4.52 Å². The lowest BCUT2D eigenvalue weighted by Crippen LogP contribution is -2.40. The lowest BCUT2D eigenvalue weighted by atomic mass is 10.1. The number of hydrogen-bond donors (Lipinski definition) is 1. The molecule has 1 aliphatic rings. The summed E-state index contributed by atoms with van der Waals surface area (Å²) in [5.74, 6) is 2.28. The van der Waals surface area contributed by atoms with Crippen LogP contribution in [-0.4, -0.2) is 34.3 Å². The van der Waals surface area contributed by atoms with Gasteiger partial charge in [-0.1, -0.05) is 12.1 Å². The molecular formula is C15H21N5O. The molecule has 3 heterocycles. The van der Waals surface area contributed by atoms with E-state index in [-0.39, 0.29) is 0 Å². The van der Waals surface area contributed by atoms with Crippen LogP contribution in [0.1, 0.15) is 32.0 Å². The minimum atomic E-state index is 0.330. The minimum Gasteiger partial charge on any atom is -0.357 e. The van der Waals surface area contributed by atoms with Crippen LogP contribution in [0.25, 0.3) is 11.5 Å². The Bertz CT molecular complexity index is 572. The van der Waals surface area contributed by atoms with E-state index in [1.165, 1.54) is 0 Å². The summed E-state index contributed by atoms with van der Waals surface area (Å²) >= 11 is 0.